The number of nitrogens with one attached hydrogen (secondary N) is 1. The molecule has 1 aromatic heterocycles. The fourth-order valence-electron chi connectivity index (χ4n) is 2.85. The lowest BCUT2D eigenvalue weighted by atomic mass is 9.81. The maximum atomic E-state index is 4.05. The Morgan fingerprint density at radius 2 is 2.06 bits per heavy atom. The summed E-state index contributed by atoms with van der Waals surface area (Å²) in [6, 6.07) is 0. The van der Waals surface area contributed by atoms with E-state index >= 15 is 0 Å². The molecule has 1 fully saturated rings. The summed E-state index contributed by atoms with van der Waals surface area (Å²) < 4.78 is 2.14. The Morgan fingerprint density at radius 3 is 2.78 bits per heavy atom. The molecule has 1 saturated carbocycles. The van der Waals surface area contributed by atoms with Gasteiger partial charge in [-0.3, -0.25) is 0 Å². The number of hydrogen-bond donors (Lipinski definition) is 1. The van der Waals surface area contributed by atoms with Crippen molar-refractivity contribution in [3.63, 3.8) is 0 Å². The third-order valence-electron chi connectivity index (χ3n) is 4.19. The van der Waals surface area contributed by atoms with Gasteiger partial charge in [0.25, 0.3) is 0 Å². The second kappa shape index (κ2) is 7.57. The van der Waals surface area contributed by atoms with Gasteiger partial charge in [0.15, 0.2) is 0 Å². The molecule has 0 radical (unpaired) electrons. The molecule has 0 saturated heterocycles. The van der Waals surface area contributed by atoms with E-state index in [0.29, 0.717) is 0 Å². The van der Waals surface area contributed by atoms with Crippen LogP contribution in [0.3, 0.4) is 0 Å². The van der Waals surface area contributed by atoms with Crippen LogP contribution in [-0.2, 0) is 6.54 Å². The summed E-state index contributed by atoms with van der Waals surface area (Å²) in [4.78, 5) is 4.05. The monoisotopic (exact) mass is 249 g/mol. The van der Waals surface area contributed by atoms with E-state index in [9.17, 15) is 0 Å². The molecule has 18 heavy (non-hydrogen) atoms. The summed E-state index contributed by atoms with van der Waals surface area (Å²) in [5, 5.41) is 3.57. The molecular formula is C15H27N3. The SMILES string of the molecule is CC1CCC(CCNCCCn2ccnc2)CC1. The average Bonchev–Trinajstić information content (AvgIpc) is 2.89. The zero-order valence-corrected chi connectivity index (χ0v) is 11.6. The van der Waals surface area contributed by atoms with Crippen molar-refractivity contribution in [3.8, 4) is 0 Å². The van der Waals surface area contributed by atoms with Gasteiger partial charge in [-0.1, -0.05) is 32.6 Å². The first-order chi connectivity index (χ1) is 8.84. The highest BCUT2D eigenvalue weighted by Gasteiger charge is 2.17. The van der Waals surface area contributed by atoms with Crippen LogP contribution in [0.4, 0.5) is 0 Å². The smallest absolute Gasteiger partial charge is 0.0945 e. The van der Waals surface area contributed by atoms with Gasteiger partial charge in [0.05, 0.1) is 6.33 Å². The van der Waals surface area contributed by atoms with Crippen LogP contribution in [0.2, 0.25) is 0 Å². The van der Waals surface area contributed by atoms with Gasteiger partial charge in [-0.05, 0) is 37.8 Å². The normalized spacial score (nSPS) is 24.3. The predicted octanol–water partition coefficient (Wildman–Crippen LogP) is 3.08. The summed E-state index contributed by atoms with van der Waals surface area (Å²) in [6.07, 6.45) is 14.1. The standard InChI is InChI=1S/C15H27N3/c1-14-3-5-15(6-4-14)7-9-16-8-2-11-18-12-10-17-13-18/h10,12-16H,2-9,11H2,1H3. The van der Waals surface area contributed by atoms with Crippen LogP contribution in [-0.4, -0.2) is 22.6 Å². The lowest BCUT2D eigenvalue weighted by Gasteiger charge is -2.26. The summed E-state index contributed by atoms with van der Waals surface area (Å²) in [5.41, 5.74) is 0. The van der Waals surface area contributed by atoms with Crippen molar-refractivity contribution >= 4 is 0 Å². The zero-order valence-electron chi connectivity index (χ0n) is 11.6. The quantitative estimate of drug-likeness (QED) is 0.753. The first kappa shape index (κ1) is 13.6. The van der Waals surface area contributed by atoms with Crippen molar-refractivity contribution in [2.75, 3.05) is 13.1 Å². The number of aryl methyl sites for hydroxylation is 1. The van der Waals surface area contributed by atoms with E-state index in [0.717, 1.165) is 24.9 Å². The first-order valence-corrected chi connectivity index (χ1v) is 7.51. The highest BCUT2D eigenvalue weighted by molar-refractivity contribution is 4.74. The molecule has 3 nitrogen and oxygen atoms in total. The Balaban J connectivity index is 1.44. The molecule has 3 heteroatoms. The van der Waals surface area contributed by atoms with Crippen molar-refractivity contribution in [1.82, 2.24) is 14.9 Å². The highest BCUT2D eigenvalue weighted by Crippen LogP contribution is 2.29. The second-order valence-corrected chi connectivity index (χ2v) is 5.82. The van der Waals surface area contributed by atoms with Crippen LogP contribution >= 0.6 is 0 Å². The molecule has 1 aliphatic carbocycles. The van der Waals surface area contributed by atoms with Gasteiger partial charge in [0.2, 0.25) is 0 Å². The molecule has 0 bridgehead atoms. The molecule has 0 spiro atoms. The van der Waals surface area contributed by atoms with Crippen molar-refractivity contribution in [2.45, 2.75) is 52.0 Å². The number of rotatable bonds is 7. The fraction of sp³-hybridized carbons (Fsp3) is 0.800. The molecule has 1 N–H and O–H groups in total. The van der Waals surface area contributed by atoms with Crippen LogP contribution < -0.4 is 5.32 Å². The minimum Gasteiger partial charge on any atom is -0.337 e. The van der Waals surface area contributed by atoms with Gasteiger partial charge in [-0.15, -0.1) is 0 Å². The van der Waals surface area contributed by atoms with E-state index in [1.54, 1.807) is 0 Å². The Morgan fingerprint density at radius 1 is 1.22 bits per heavy atom. The van der Waals surface area contributed by atoms with Crippen LogP contribution in [0, 0.1) is 11.8 Å². The minimum atomic E-state index is 0.976. The van der Waals surface area contributed by atoms with E-state index in [1.165, 1.54) is 45.1 Å². The largest absolute Gasteiger partial charge is 0.337 e. The molecule has 102 valence electrons. The molecule has 0 amide bonds. The van der Waals surface area contributed by atoms with Crippen molar-refractivity contribution in [1.29, 1.82) is 0 Å². The van der Waals surface area contributed by atoms with E-state index in [1.807, 2.05) is 18.7 Å². The molecule has 2 rings (SSSR count). The molecular weight excluding hydrogens is 222 g/mol. The Hall–Kier alpha value is -0.830. The maximum absolute atomic E-state index is 4.05. The average molecular weight is 249 g/mol. The molecule has 1 heterocycles. The Kier molecular flexibility index (Phi) is 5.72. The van der Waals surface area contributed by atoms with Gasteiger partial charge < -0.3 is 9.88 Å². The van der Waals surface area contributed by atoms with Gasteiger partial charge in [0.1, 0.15) is 0 Å². The van der Waals surface area contributed by atoms with Gasteiger partial charge in [0, 0.05) is 18.9 Å². The molecule has 1 aliphatic rings. The van der Waals surface area contributed by atoms with Gasteiger partial charge in [-0.25, -0.2) is 4.98 Å². The van der Waals surface area contributed by atoms with Crippen molar-refractivity contribution < 1.29 is 0 Å². The predicted molar refractivity (Wildman–Crippen MR) is 75.5 cm³/mol. The number of aromatic nitrogens is 2. The molecule has 0 unspecified atom stereocenters. The highest BCUT2D eigenvalue weighted by atomic mass is 15.0. The minimum absolute atomic E-state index is 0.976. The van der Waals surface area contributed by atoms with E-state index in [4.69, 9.17) is 0 Å². The summed E-state index contributed by atoms with van der Waals surface area (Å²) in [5.74, 6) is 1.96. The third-order valence-corrected chi connectivity index (χ3v) is 4.19. The lowest BCUT2D eigenvalue weighted by molar-refractivity contribution is 0.275. The zero-order chi connectivity index (χ0) is 12.6. The second-order valence-electron chi connectivity index (χ2n) is 5.82. The van der Waals surface area contributed by atoms with Crippen LogP contribution in [0.5, 0.6) is 0 Å². The van der Waals surface area contributed by atoms with Gasteiger partial charge >= 0.3 is 0 Å². The summed E-state index contributed by atoms with van der Waals surface area (Å²) in [7, 11) is 0. The third kappa shape index (κ3) is 4.81. The fourth-order valence-corrected chi connectivity index (χ4v) is 2.85. The Bertz CT molecular complexity index is 300. The van der Waals surface area contributed by atoms with Crippen molar-refractivity contribution in [2.24, 2.45) is 11.8 Å². The summed E-state index contributed by atoms with van der Waals surface area (Å²) in [6.45, 7) is 5.79. The molecule has 1 aromatic rings. The van der Waals surface area contributed by atoms with Crippen molar-refractivity contribution in [3.05, 3.63) is 18.7 Å². The molecule has 0 aromatic carbocycles. The molecule has 0 atom stereocenters. The number of hydrogen-bond acceptors (Lipinski definition) is 2. The van der Waals surface area contributed by atoms with E-state index in [2.05, 4.69) is 21.8 Å². The number of imidazole rings is 1. The maximum Gasteiger partial charge on any atom is 0.0945 e. The van der Waals surface area contributed by atoms with E-state index in [-0.39, 0.29) is 0 Å². The van der Waals surface area contributed by atoms with Crippen LogP contribution in [0.1, 0.15) is 45.4 Å². The van der Waals surface area contributed by atoms with Gasteiger partial charge in [-0.2, -0.15) is 0 Å². The lowest BCUT2D eigenvalue weighted by Crippen LogP contribution is -2.22. The van der Waals surface area contributed by atoms with Crippen LogP contribution in [0.15, 0.2) is 18.7 Å². The van der Waals surface area contributed by atoms with E-state index < -0.39 is 0 Å². The first-order valence-electron chi connectivity index (χ1n) is 7.51. The molecule has 0 aliphatic heterocycles. The topological polar surface area (TPSA) is 29.9 Å². The van der Waals surface area contributed by atoms with Crippen LogP contribution in [0.25, 0.3) is 0 Å². The number of nitrogens with zero attached hydrogens (tertiary/aromatic N) is 2. The summed E-state index contributed by atoms with van der Waals surface area (Å²) >= 11 is 0. The Labute approximate surface area is 111 Å².